The lowest BCUT2D eigenvalue weighted by Crippen LogP contribution is -2.14. The molecule has 1 aliphatic rings. The van der Waals surface area contributed by atoms with Gasteiger partial charge in [0.05, 0.1) is 5.02 Å². The van der Waals surface area contributed by atoms with Gasteiger partial charge in [-0.1, -0.05) is 50.6 Å². The van der Waals surface area contributed by atoms with Gasteiger partial charge in [-0.25, -0.2) is 0 Å². The molecule has 1 aliphatic heterocycles. The fourth-order valence-corrected chi connectivity index (χ4v) is 2.67. The third kappa shape index (κ3) is 4.57. The molecule has 112 valence electrons. The van der Waals surface area contributed by atoms with Crippen LogP contribution in [0.15, 0.2) is 12.1 Å². The topological polar surface area (TPSA) is 30.5 Å². The van der Waals surface area contributed by atoms with Crippen LogP contribution in [0.25, 0.3) is 0 Å². The van der Waals surface area contributed by atoms with Crippen LogP contribution in [-0.4, -0.2) is 13.3 Å². The lowest BCUT2D eigenvalue weighted by atomic mass is 10.1. The SMILES string of the molecule is CCCCCCCCNCc1cc(Cl)c2c(c1)OCO2. The predicted octanol–water partition coefficient (Wildman–Crippen LogP) is 4.52. The second-order valence-electron chi connectivity index (χ2n) is 5.26. The normalized spacial score (nSPS) is 12.9. The van der Waals surface area contributed by atoms with Crippen molar-refractivity contribution in [2.45, 2.75) is 52.0 Å². The second-order valence-corrected chi connectivity index (χ2v) is 5.66. The summed E-state index contributed by atoms with van der Waals surface area (Å²) in [7, 11) is 0. The van der Waals surface area contributed by atoms with Gasteiger partial charge < -0.3 is 14.8 Å². The van der Waals surface area contributed by atoms with E-state index in [9.17, 15) is 0 Å². The Morgan fingerprint density at radius 3 is 2.75 bits per heavy atom. The molecule has 1 N–H and O–H groups in total. The van der Waals surface area contributed by atoms with Crippen molar-refractivity contribution in [1.82, 2.24) is 5.32 Å². The maximum absolute atomic E-state index is 6.15. The Balaban J connectivity index is 1.64. The minimum atomic E-state index is 0.268. The Bertz CT molecular complexity index is 423. The van der Waals surface area contributed by atoms with E-state index < -0.39 is 0 Å². The summed E-state index contributed by atoms with van der Waals surface area (Å²) >= 11 is 6.15. The number of unbranched alkanes of at least 4 members (excludes halogenated alkanes) is 5. The van der Waals surface area contributed by atoms with E-state index >= 15 is 0 Å². The average Bonchev–Trinajstić information content (AvgIpc) is 2.91. The Labute approximate surface area is 126 Å². The Kier molecular flexibility index (Phi) is 6.48. The smallest absolute Gasteiger partial charge is 0.231 e. The van der Waals surface area contributed by atoms with E-state index in [0.717, 1.165) is 24.4 Å². The van der Waals surface area contributed by atoms with Gasteiger partial charge in [0.25, 0.3) is 0 Å². The van der Waals surface area contributed by atoms with Crippen molar-refractivity contribution >= 4 is 11.6 Å². The minimum absolute atomic E-state index is 0.268. The summed E-state index contributed by atoms with van der Waals surface area (Å²) in [5.74, 6) is 1.43. The van der Waals surface area contributed by atoms with Gasteiger partial charge in [0.15, 0.2) is 11.5 Å². The number of halogens is 1. The molecule has 0 saturated carbocycles. The summed E-state index contributed by atoms with van der Waals surface area (Å²) in [4.78, 5) is 0. The molecule has 0 spiro atoms. The van der Waals surface area contributed by atoms with E-state index in [4.69, 9.17) is 21.1 Å². The largest absolute Gasteiger partial charge is 0.454 e. The maximum Gasteiger partial charge on any atom is 0.231 e. The zero-order valence-electron chi connectivity index (χ0n) is 12.2. The summed E-state index contributed by atoms with van der Waals surface area (Å²) in [6, 6.07) is 3.95. The molecular weight excluding hydrogens is 274 g/mol. The van der Waals surface area contributed by atoms with Crippen LogP contribution >= 0.6 is 11.6 Å². The molecule has 0 atom stereocenters. The van der Waals surface area contributed by atoms with Crippen molar-refractivity contribution in [2.24, 2.45) is 0 Å². The molecule has 0 fully saturated rings. The summed E-state index contributed by atoms with van der Waals surface area (Å²) in [6.45, 7) is 4.39. The first kappa shape index (κ1) is 15.5. The molecule has 4 heteroatoms. The van der Waals surface area contributed by atoms with Gasteiger partial charge in [-0.05, 0) is 30.7 Å². The highest BCUT2D eigenvalue weighted by Crippen LogP contribution is 2.39. The number of fused-ring (bicyclic) bond motifs is 1. The highest BCUT2D eigenvalue weighted by Gasteiger charge is 2.17. The van der Waals surface area contributed by atoms with Gasteiger partial charge in [0, 0.05) is 6.54 Å². The first-order chi connectivity index (χ1) is 9.81. The van der Waals surface area contributed by atoms with Crippen LogP contribution < -0.4 is 14.8 Å². The van der Waals surface area contributed by atoms with Crippen LogP contribution in [0, 0.1) is 0 Å². The maximum atomic E-state index is 6.15. The molecule has 0 unspecified atom stereocenters. The second kappa shape index (κ2) is 8.38. The zero-order valence-corrected chi connectivity index (χ0v) is 13.0. The molecule has 1 aromatic carbocycles. The fourth-order valence-electron chi connectivity index (χ4n) is 2.39. The number of hydrogen-bond donors (Lipinski definition) is 1. The third-order valence-electron chi connectivity index (χ3n) is 3.52. The van der Waals surface area contributed by atoms with E-state index in [1.54, 1.807) is 0 Å². The summed E-state index contributed by atoms with van der Waals surface area (Å²) in [6.07, 6.45) is 7.95. The minimum Gasteiger partial charge on any atom is -0.454 e. The highest BCUT2D eigenvalue weighted by molar-refractivity contribution is 6.32. The van der Waals surface area contributed by atoms with E-state index in [2.05, 4.69) is 12.2 Å². The summed E-state index contributed by atoms with van der Waals surface area (Å²) < 4.78 is 10.7. The quantitative estimate of drug-likeness (QED) is 0.680. The first-order valence-electron chi connectivity index (χ1n) is 7.60. The Morgan fingerprint density at radius 2 is 1.90 bits per heavy atom. The fraction of sp³-hybridized carbons (Fsp3) is 0.625. The molecule has 0 saturated heterocycles. The molecule has 1 aromatic rings. The molecule has 1 heterocycles. The van der Waals surface area contributed by atoms with E-state index in [-0.39, 0.29) is 6.79 Å². The van der Waals surface area contributed by atoms with Crippen molar-refractivity contribution in [3.05, 3.63) is 22.7 Å². The number of ether oxygens (including phenoxy) is 2. The van der Waals surface area contributed by atoms with Crippen molar-refractivity contribution in [1.29, 1.82) is 0 Å². The van der Waals surface area contributed by atoms with Gasteiger partial charge in [0.1, 0.15) is 0 Å². The van der Waals surface area contributed by atoms with Gasteiger partial charge in [0.2, 0.25) is 6.79 Å². The van der Waals surface area contributed by atoms with E-state index in [0.29, 0.717) is 10.8 Å². The number of rotatable bonds is 9. The lowest BCUT2D eigenvalue weighted by molar-refractivity contribution is 0.174. The standard InChI is InChI=1S/C16H24ClNO2/c1-2-3-4-5-6-7-8-18-11-13-9-14(17)16-15(10-13)19-12-20-16/h9-10,18H,2-8,11-12H2,1H3. The van der Waals surface area contributed by atoms with Gasteiger partial charge in [-0.3, -0.25) is 0 Å². The summed E-state index contributed by atoms with van der Waals surface area (Å²) in [5, 5.41) is 4.09. The van der Waals surface area contributed by atoms with Gasteiger partial charge >= 0.3 is 0 Å². The number of benzene rings is 1. The van der Waals surface area contributed by atoms with Crippen molar-refractivity contribution in [3.8, 4) is 11.5 Å². The zero-order chi connectivity index (χ0) is 14.2. The molecule has 2 rings (SSSR count). The van der Waals surface area contributed by atoms with Crippen LogP contribution in [0.5, 0.6) is 11.5 Å². The van der Waals surface area contributed by atoms with Crippen LogP contribution in [0.3, 0.4) is 0 Å². The molecule has 0 aromatic heterocycles. The molecule has 0 radical (unpaired) electrons. The van der Waals surface area contributed by atoms with Crippen LogP contribution in [0.1, 0.15) is 51.0 Å². The van der Waals surface area contributed by atoms with Crippen LogP contribution in [0.2, 0.25) is 5.02 Å². The monoisotopic (exact) mass is 297 g/mol. The lowest BCUT2D eigenvalue weighted by Gasteiger charge is -2.07. The number of hydrogen-bond acceptors (Lipinski definition) is 3. The van der Waals surface area contributed by atoms with Crippen molar-refractivity contribution in [2.75, 3.05) is 13.3 Å². The number of nitrogens with one attached hydrogen (secondary N) is 1. The van der Waals surface area contributed by atoms with Gasteiger partial charge in [-0.2, -0.15) is 0 Å². The van der Waals surface area contributed by atoms with Crippen LogP contribution in [0.4, 0.5) is 0 Å². The molecule has 0 aliphatic carbocycles. The van der Waals surface area contributed by atoms with Crippen LogP contribution in [-0.2, 0) is 6.54 Å². The van der Waals surface area contributed by atoms with E-state index in [1.807, 2.05) is 12.1 Å². The Hall–Kier alpha value is -0.930. The average molecular weight is 298 g/mol. The molecule has 20 heavy (non-hydrogen) atoms. The highest BCUT2D eigenvalue weighted by atomic mass is 35.5. The molecule has 0 bridgehead atoms. The molecule has 0 amide bonds. The van der Waals surface area contributed by atoms with Gasteiger partial charge in [-0.15, -0.1) is 0 Å². The Morgan fingerprint density at radius 1 is 1.10 bits per heavy atom. The van der Waals surface area contributed by atoms with Crippen molar-refractivity contribution < 1.29 is 9.47 Å². The molecular formula is C16H24ClNO2. The first-order valence-corrected chi connectivity index (χ1v) is 7.98. The molecule has 3 nitrogen and oxygen atoms in total. The van der Waals surface area contributed by atoms with Crippen molar-refractivity contribution in [3.63, 3.8) is 0 Å². The third-order valence-corrected chi connectivity index (χ3v) is 3.80. The van der Waals surface area contributed by atoms with E-state index in [1.165, 1.54) is 38.5 Å². The predicted molar refractivity (Wildman–Crippen MR) is 82.7 cm³/mol. The summed E-state index contributed by atoms with van der Waals surface area (Å²) in [5.41, 5.74) is 1.14.